The summed E-state index contributed by atoms with van der Waals surface area (Å²) in [6.45, 7) is 8.42. The maximum Gasteiger partial charge on any atom is 0.317 e. The largest absolute Gasteiger partial charge is 0.335 e. The van der Waals surface area contributed by atoms with Crippen LogP contribution in [0.3, 0.4) is 0 Å². The first-order chi connectivity index (χ1) is 13.8. The molecule has 2 aliphatic rings. The zero-order chi connectivity index (χ0) is 21.0. The highest BCUT2D eigenvalue weighted by Gasteiger charge is 2.30. The van der Waals surface area contributed by atoms with Crippen LogP contribution < -0.4 is 5.32 Å². The highest BCUT2D eigenvalue weighted by Crippen LogP contribution is 2.24. The molecule has 160 valence electrons. The van der Waals surface area contributed by atoms with Crippen LogP contribution in [-0.2, 0) is 0 Å². The maximum absolute atomic E-state index is 13.9. The fourth-order valence-electron chi connectivity index (χ4n) is 4.29. The standard InChI is InChI=1S/C22H31F2N3O2/c1-15(2)14-26-9-7-18(8-10-26)25-22(29)27-11-5-16(6-12-27)21(28)19-13-17(23)3-4-20(19)24/h3-4,13,15-16,18H,5-12,14H2,1-2H3,(H,25,29). The topological polar surface area (TPSA) is 52.7 Å². The third-order valence-corrected chi connectivity index (χ3v) is 5.89. The Morgan fingerprint density at radius 2 is 1.72 bits per heavy atom. The molecule has 7 heteroatoms. The first-order valence-electron chi connectivity index (χ1n) is 10.6. The van der Waals surface area contributed by atoms with E-state index >= 15 is 0 Å². The number of piperidine rings is 2. The van der Waals surface area contributed by atoms with Gasteiger partial charge in [0.25, 0.3) is 0 Å². The van der Waals surface area contributed by atoms with E-state index in [-0.39, 0.29) is 29.3 Å². The third kappa shape index (κ3) is 5.75. The van der Waals surface area contributed by atoms with E-state index in [1.807, 2.05) is 0 Å². The molecule has 0 bridgehead atoms. The minimum atomic E-state index is -0.694. The fourth-order valence-corrected chi connectivity index (χ4v) is 4.29. The first kappa shape index (κ1) is 21.7. The fraction of sp³-hybridized carbons (Fsp3) is 0.636. The molecule has 2 aliphatic heterocycles. The molecule has 0 aromatic heterocycles. The monoisotopic (exact) mass is 407 g/mol. The van der Waals surface area contributed by atoms with Crippen molar-refractivity contribution < 1.29 is 18.4 Å². The number of amides is 2. The Labute approximate surface area is 171 Å². The molecule has 3 rings (SSSR count). The van der Waals surface area contributed by atoms with Crippen molar-refractivity contribution in [1.29, 1.82) is 0 Å². The molecular weight excluding hydrogens is 376 g/mol. The molecule has 1 N–H and O–H groups in total. The minimum Gasteiger partial charge on any atom is -0.335 e. The third-order valence-electron chi connectivity index (χ3n) is 5.89. The summed E-state index contributed by atoms with van der Waals surface area (Å²) in [6, 6.07) is 3.05. The van der Waals surface area contributed by atoms with Crippen LogP contribution in [0.2, 0.25) is 0 Å². The van der Waals surface area contributed by atoms with E-state index in [4.69, 9.17) is 0 Å². The molecule has 2 amide bonds. The molecule has 2 heterocycles. The summed E-state index contributed by atoms with van der Waals surface area (Å²) in [5, 5.41) is 3.12. The van der Waals surface area contributed by atoms with Gasteiger partial charge in [0.15, 0.2) is 5.78 Å². The van der Waals surface area contributed by atoms with Gasteiger partial charge in [-0.05, 0) is 49.8 Å². The van der Waals surface area contributed by atoms with Crippen molar-refractivity contribution in [3.63, 3.8) is 0 Å². The minimum absolute atomic E-state index is 0.0878. The van der Waals surface area contributed by atoms with Gasteiger partial charge >= 0.3 is 6.03 Å². The Hall–Kier alpha value is -2.02. The Morgan fingerprint density at radius 3 is 2.34 bits per heavy atom. The van der Waals surface area contributed by atoms with Gasteiger partial charge in [-0.15, -0.1) is 0 Å². The molecule has 0 spiro atoms. The van der Waals surface area contributed by atoms with Crippen LogP contribution >= 0.6 is 0 Å². The van der Waals surface area contributed by atoms with Gasteiger partial charge in [0.1, 0.15) is 11.6 Å². The highest BCUT2D eigenvalue weighted by molar-refractivity contribution is 5.98. The van der Waals surface area contributed by atoms with Gasteiger partial charge in [-0.3, -0.25) is 4.79 Å². The van der Waals surface area contributed by atoms with Crippen LogP contribution in [0.25, 0.3) is 0 Å². The Balaban J connectivity index is 1.45. The second-order valence-corrected chi connectivity index (χ2v) is 8.67. The van der Waals surface area contributed by atoms with E-state index < -0.39 is 11.6 Å². The zero-order valence-electron chi connectivity index (χ0n) is 17.3. The molecule has 1 aromatic rings. The lowest BCUT2D eigenvalue weighted by Crippen LogP contribution is -2.51. The molecule has 0 atom stereocenters. The smallest absolute Gasteiger partial charge is 0.317 e. The summed E-state index contributed by atoms with van der Waals surface area (Å²) in [6.07, 6.45) is 2.84. The molecule has 0 aliphatic carbocycles. The number of hydrogen-bond acceptors (Lipinski definition) is 3. The number of benzene rings is 1. The van der Waals surface area contributed by atoms with Gasteiger partial charge < -0.3 is 15.1 Å². The molecule has 2 fully saturated rings. The summed E-state index contributed by atoms with van der Waals surface area (Å²) in [5.41, 5.74) is -0.193. The van der Waals surface area contributed by atoms with Crippen molar-refractivity contribution in [2.45, 2.75) is 45.6 Å². The van der Waals surface area contributed by atoms with Gasteiger partial charge in [0, 0.05) is 44.7 Å². The van der Waals surface area contributed by atoms with Crippen LogP contribution in [0.4, 0.5) is 13.6 Å². The normalized spacial score (nSPS) is 19.6. The number of carbonyl (C=O) groups is 2. The molecule has 29 heavy (non-hydrogen) atoms. The van der Waals surface area contributed by atoms with Crippen LogP contribution in [0.5, 0.6) is 0 Å². The van der Waals surface area contributed by atoms with Crippen molar-refractivity contribution in [3.8, 4) is 0 Å². The number of nitrogens with one attached hydrogen (secondary N) is 1. The van der Waals surface area contributed by atoms with Crippen LogP contribution in [0.1, 0.15) is 49.9 Å². The number of halogens is 2. The summed E-state index contributed by atoms with van der Waals surface area (Å²) in [5.74, 6) is -1.42. The zero-order valence-corrected chi connectivity index (χ0v) is 17.3. The number of ketones is 1. The molecule has 0 saturated carbocycles. The lowest BCUT2D eigenvalue weighted by molar-refractivity contribution is 0.0846. The van der Waals surface area contributed by atoms with Gasteiger partial charge in [0.2, 0.25) is 0 Å². The number of Topliss-reactive ketones (excluding diaryl/α,β-unsaturated/α-hetero) is 1. The van der Waals surface area contributed by atoms with Crippen LogP contribution in [0.15, 0.2) is 18.2 Å². The van der Waals surface area contributed by atoms with Crippen molar-refractivity contribution in [2.24, 2.45) is 11.8 Å². The van der Waals surface area contributed by atoms with E-state index in [0.29, 0.717) is 31.8 Å². The number of hydrogen-bond donors (Lipinski definition) is 1. The summed E-state index contributed by atoms with van der Waals surface area (Å²) >= 11 is 0. The first-order valence-corrected chi connectivity index (χ1v) is 10.6. The van der Waals surface area contributed by atoms with Gasteiger partial charge in [-0.25, -0.2) is 13.6 Å². The summed E-state index contributed by atoms with van der Waals surface area (Å²) in [7, 11) is 0. The predicted molar refractivity (Wildman–Crippen MR) is 108 cm³/mol. The second-order valence-electron chi connectivity index (χ2n) is 8.67. The van der Waals surface area contributed by atoms with E-state index in [1.54, 1.807) is 4.90 Å². The lowest BCUT2D eigenvalue weighted by Gasteiger charge is -2.36. The Kier molecular flexibility index (Phi) is 7.22. The van der Waals surface area contributed by atoms with Crippen molar-refractivity contribution in [3.05, 3.63) is 35.4 Å². The maximum atomic E-state index is 13.9. The average molecular weight is 408 g/mol. The molecule has 5 nitrogen and oxygen atoms in total. The molecule has 2 saturated heterocycles. The second kappa shape index (κ2) is 9.65. The number of likely N-dealkylation sites (tertiary alicyclic amines) is 2. The van der Waals surface area contributed by atoms with Gasteiger partial charge in [0.05, 0.1) is 5.56 Å². The number of rotatable bonds is 5. The van der Waals surface area contributed by atoms with Crippen molar-refractivity contribution in [2.75, 3.05) is 32.7 Å². The molecule has 0 unspecified atom stereocenters. The number of urea groups is 1. The van der Waals surface area contributed by atoms with E-state index in [2.05, 4.69) is 24.1 Å². The van der Waals surface area contributed by atoms with Crippen molar-refractivity contribution >= 4 is 11.8 Å². The highest BCUT2D eigenvalue weighted by atomic mass is 19.1. The van der Waals surface area contributed by atoms with Crippen molar-refractivity contribution in [1.82, 2.24) is 15.1 Å². The molecular formula is C22H31F2N3O2. The molecule has 1 aromatic carbocycles. The van der Waals surface area contributed by atoms with Crippen LogP contribution in [0, 0.1) is 23.5 Å². The van der Waals surface area contributed by atoms with E-state index in [9.17, 15) is 18.4 Å². The van der Waals surface area contributed by atoms with E-state index in [0.717, 1.165) is 50.7 Å². The number of carbonyl (C=O) groups excluding carboxylic acids is 2. The Morgan fingerprint density at radius 1 is 1.07 bits per heavy atom. The summed E-state index contributed by atoms with van der Waals surface area (Å²) < 4.78 is 27.2. The Bertz CT molecular complexity index is 725. The lowest BCUT2D eigenvalue weighted by atomic mass is 9.88. The van der Waals surface area contributed by atoms with E-state index in [1.165, 1.54) is 0 Å². The summed E-state index contributed by atoms with van der Waals surface area (Å²) in [4.78, 5) is 29.3. The van der Waals surface area contributed by atoms with Gasteiger partial charge in [-0.1, -0.05) is 13.8 Å². The quantitative estimate of drug-likeness (QED) is 0.758. The number of nitrogens with zero attached hydrogens (tertiary/aromatic N) is 2. The van der Waals surface area contributed by atoms with Crippen LogP contribution in [-0.4, -0.2) is 60.4 Å². The molecule has 0 radical (unpaired) electrons. The average Bonchev–Trinajstić information content (AvgIpc) is 2.70. The predicted octanol–water partition coefficient (Wildman–Crippen LogP) is 3.69. The van der Waals surface area contributed by atoms with Gasteiger partial charge in [-0.2, -0.15) is 0 Å². The SMILES string of the molecule is CC(C)CN1CCC(NC(=O)N2CCC(C(=O)c3cc(F)ccc3F)CC2)CC1.